The second kappa shape index (κ2) is 7.64. The maximum Gasteiger partial charge on any atom is 0.169 e. The van der Waals surface area contributed by atoms with E-state index in [1.54, 1.807) is 12.1 Å². The largest absolute Gasteiger partial charge is 0.490 e. The van der Waals surface area contributed by atoms with Gasteiger partial charge in [0.2, 0.25) is 0 Å². The van der Waals surface area contributed by atoms with Crippen molar-refractivity contribution in [2.24, 2.45) is 5.73 Å². The third kappa shape index (κ3) is 3.95. The molecule has 4 heteroatoms. The molecule has 0 aromatic heterocycles. The van der Waals surface area contributed by atoms with E-state index in [9.17, 15) is 4.39 Å². The molecule has 0 unspecified atom stereocenters. The van der Waals surface area contributed by atoms with Crippen LogP contribution in [-0.2, 0) is 6.42 Å². The lowest BCUT2D eigenvalue weighted by molar-refractivity contribution is 0.301. The lowest BCUT2D eigenvalue weighted by Gasteiger charge is -2.14. The molecule has 2 aromatic rings. The zero-order chi connectivity index (χ0) is 15.1. The second-order valence-electron chi connectivity index (χ2n) is 4.65. The summed E-state index contributed by atoms with van der Waals surface area (Å²) in [7, 11) is 0. The molecule has 112 valence electrons. The Morgan fingerprint density at radius 3 is 2.43 bits per heavy atom. The normalized spacial score (nSPS) is 10.4. The maximum absolute atomic E-state index is 13.9. The van der Waals surface area contributed by atoms with E-state index in [4.69, 9.17) is 15.2 Å². The molecule has 0 spiro atoms. The highest BCUT2D eigenvalue weighted by Crippen LogP contribution is 2.33. The highest BCUT2D eigenvalue weighted by atomic mass is 19.1. The van der Waals surface area contributed by atoms with Crippen molar-refractivity contribution in [3.63, 3.8) is 0 Å². The van der Waals surface area contributed by atoms with Crippen molar-refractivity contribution < 1.29 is 13.9 Å². The summed E-state index contributed by atoms with van der Waals surface area (Å²) in [6.45, 7) is 3.01. The summed E-state index contributed by atoms with van der Waals surface area (Å²) in [5, 5.41) is 0. The second-order valence-corrected chi connectivity index (χ2v) is 4.65. The smallest absolute Gasteiger partial charge is 0.169 e. The van der Waals surface area contributed by atoms with E-state index in [0.717, 1.165) is 6.42 Å². The Bertz CT molecular complexity index is 587. The SMILES string of the molecule is CCCOc1ccccc1Oc1cccc(F)c1CCN. The third-order valence-corrected chi connectivity index (χ3v) is 3.00. The standard InChI is InChI=1S/C17H20FNO2/c1-2-12-20-16-7-3-4-8-17(16)21-15-9-5-6-14(18)13(15)10-11-19/h3-9H,2,10-12,19H2,1H3. The molecule has 2 N–H and O–H groups in total. The summed E-state index contributed by atoms with van der Waals surface area (Å²) in [5.41, 5.74) is 6.03. The van der Waals surface area contributed by atoms with E-state index in [1.807, 2.05) is 31.2 Å². The molecule has 0 atom stereocenters. The number of benzene rings is 2. The molecule has 21 heavy (non-hydrogen) atoms. The molecule has 2 aromatic carbocycles. The number of ether oxygens (including phenoxy) is 2. The minimum Gasteiger partial charge on any atom is -0.490 e. The Balaban J connectivity index is 2.28. The van der Waals surface area contributed by atoms with Crippen LogP contribution in [0, 0.1) is 5.82 Å². The quantitative estimate of drug-likeness (QED) is 0.840. The van der Waals surface area contributed by atoms with Crippen molar-refractivity contribution >= 4 is 0 Å². The molecule has 0 heterocycles. The van der Waals surface area contributed by atoms with E-state index >= 15 is 0 Å². The zero-order valence-corrected chi connectivity index (χ0v) is 12.1. The van der Waals surface area contributed by atoms with Crippen molar-refractivity contribution in [3.05, 3.63) is 53.8 Å². The van der Waals surface area contributed by atoms with Crippen LogP contribution in [0.4, 0.5) is 4.39 Å². The first-order chi connectivity index (χ1) is 10.3. The number of hydrogen-bond donors (Lipinski definition) is 1. The first kappa shape index (κ1) is 15.3. The fourth-order valence-corrected chi connectivity index (χ4v) is 2.01. The van der Waals surface area contributed by atoms with Gasteiger partial charge in [-0.2, -0.15) is 0 Å². The van der Waals surface area contributed by atoms with Gasteiger partial charge < -0.3 is 15.2 Å². The van der Waals surface area contributed by atoms with Crippen LogP contribution in [0.1, 0.15) is 18.9 Å². The number of halogens is 1. The van der Waals surface area contributed by atoms with Crippen LogP contribution in [0.5, 0.6) is 17.2 Å². The molecule has 0 aliphatic carbocycles. The Morgan fingerprint density at radius 2 is 1.71 bits per heavy atom. The predicted molar refractivity (Wildman–Crippen MR) is 81.5 cm³/mol. The Labute approximate surface area is 124 Å². The van der Waals surface area contributed by atoms with Crippen LogP contribution in [-0.4, -0.2) is 13.2 Å². The molecule has 0 aliphatic heterocycles. The lowest BCUT2D eigenvalue weighted by atomic mass is 10.1. The van der Waals surface area contributed by atoms with E-state index < -0.39 is 0 Å². The summed E-state index contributed by atoms with van der Waals surface area (Å²) >= 11 is 0. The van der Waals surface area contributed by atoms with Gasteiger partial charge in [0.25, 0.3) is 0 Å². The van der Waals surface area contributed by atoms with Crippen LogP contribution in [0.3, 0.4) is 0 Å². The fourth-order valence-electron chi connectivity index (χ4n) is 2.01. The minimum atomic E-state index is -0.301. The van der Waals surface area contributed by atoms with Crippen molar-refractivity contribution in [2.45, 2.75) is 19.8 Å². The van der Waals surface area contributed by atoms with Crippen LogP contribution in [0.2, 0.25) is 0 Å². The Hall–Kier alpha value is -2.07. The first-order valence-corrected chi connectivity index (χ1v) is 7.13. The maximum atomic E-state index is 13.9. The molecule has 0 bridgehead atoms. The average Bonchev–Trinajstić information content (AvgIpc) is 2.50. The van der Waals surface area contributed by atoms with Gasteiger partial charge in [-0.05, 0) is 43.7 Å². The number of para-hydroxylation sites is 2. The van der Waals surface area contributed by atoms with Crippen LogP contribution < -0.4 is 15.2 Å². The predicted octanol–water partition coefficient (Wildman–Crippen LogP) is 3.91. The first-order valence-electron chi connectivity index (χ1n) is 7.13. The average molecular weight is 289 g/mol. The van der Waals surface area contributed by atoms with Gasteiger partial charge in [-0.1, -0.05) is 25.1 Å². The van der Waals surface area contributed by atoms with Crippen molar-refractivity contribution in [3.8, 4) is 17.2 Å². The topological polar surface area (TPSA) is 44.5 Å². The third-order valence-electron chi connectivity index (χ3n) is 3.00. The molecule has 2 rings (SSSR count). The van der Waals surface area contributed by atoms with Gasteiger partial charge in [-0.15, -0.1) is 0 Å². The summed E-state index contributed by atoms with van der Waals surface area (Å²) in [6.07, 6.45) is 1.34. The molecule has 3 nitrogen and oxygen atoms in total. The summed E-state index contributed by atoms with van der Waals surface area (Å²) in [6, 6.07) is 12.2. The number of hydrogen-bond acceptors (Lipinski definition) is 3. The van der Waals surface area contributed by atoms with Gasteiger partial charge in [-0.3, -0.25) is 0 Å². The number of nitrogens with two attached hydrogens (primary N) is 1. The fraction of sp³-hybridized carbons (Fsp3) is 0.294. The summed E-state index contributed by atoms with van der Waals surface area (Å²) in [5.74, 6) is 1.41. The molecular formula is C17H20FNO2. The van der Waals surface area contributed by atoms with Gasteiger partial charge in [0, 0.05) is 5.56 Å². The monoisotopic (exact) mass is 289 g/mol. The van der Waals surface area contributed by atoms with Crippen molar-refractivity contribution in [2.75, 3.05) is 13.2 Å². The Morgan fingerprint density at radius 1 is 1.00 bits per heavy atom. The Kier molecular flexibility index (Phi) is 5.58. The van der Waals surface area contributed by atoms with E-state index in [0.29, 0.717) is 42.4 Å². The van der Waals surface area contributed by atoms with Gasteiger partial charge in [0.1, 0.15) is 11.6 Å². The minimum absolute atomic E-state index is 0.301. The molecule has 0 radical (unpaired) electrons. The van der Waals surface area contributed by atoms with Crippen LogP contribution in [0.15, 0.2) is 42.5 Å². The summed E-state index contributed by atoms with van der Waals surface area (Å²) < 4.78 is 25.4. The summed E-state index contributed by atoms with van der Waals surface area (Å²) in [4.78, 5) is 0. The highest BCUT2D eigenvalue weighted by Gasteiger charge is 2.12. The van der Waals surface area contributed by atoms with Gasteiger partial charge >= 0.3 is 0 Å². The van der Waals surface area contributed by atoms with E-state index in [-0.39, 0.29) is 5.82 Å². The molecule has 0 saturated carbocycles. The van der Waals surface area contributed by atoms with Crippen LogP contribution >= 0.6 is 0 Å². The zero-order valence-electron chi connectivity index (χ0n) is 12.1. The molecular weight excluding hydrogens is 269 g/mol. The van der Waals surface area contributed by atoms with Crippen LogP contribution in [0.25, 0.3) is 0 Å². The van der Waals surface area contributed by atoms with Gasteiger partial charge in [-0.25, -0.2) is 4.39 Å². The van der Waals surface area contributed by atoms with Crippen molar-refractivity contribution in [1.29, 1.82) is 0 Å². The molecule has 0 amide bonds. The van der Waals surface area contributed by atoms with Crippen molar-refractivity contribution in [1.82, 2.24) is 0 Å². The van der Waals surface area contributed by atoms with E-state index in [2.05, 4.69) is 0 Å². The number of rotatable bonds is 7. The molecule has 0 fully saturated rings. The highest BCUT2D eigenvalue weighted by molar-refractivity contribution is 5.45. The van der Waals surface area contributed by atoms with Gasteiger partial charge in [0.15, 0.2) is 11.5 Å². The van der Waals surface area contributed by atoms with Gasteiger partial charge in [0.05, 0.1) is 6.61 Å². The van der Waals surface area contributed by atoms with E-state index in [1.165, 1.54) is 6.07 Å². The molecule has 0 aliphatic rings. The molecule has 0 saturated heterocycles. The lowest BCUT2D eigenvalue weighted by Crippen LogP contribution is -2.06.